The normalized spacial score (nSPS) is 10.6. The van der Waals surface area contributed by atoms with Crippen LogP contribution in [-0.2, 0) is 0 Å². The van der Waals surface area contributed by atoms with Crippen LogP contribution in [0.25, 0.3) is 0 Å². The number of nitrogens with one attached hydrogen (secondary N) is 1. The molecule has 1 N–H and O–H groups in total. The van der Waals surface area contributed by atoms with Crippen LogP contribution < -0.4 is 5.32 Å². The van der Waals surface area contributed by atoms with Gasteiger partial charge in [0.15, 0.2) is 10.3 Å². The smallest absolute Gasteiger partial charge is 0.290 e. The van der Waals surface area contributed by atoms with Gasteiger partial charge in [0.2, 0.25) is 5.95 Å². The van der Waals surface area contributed by atoms with Gasteiger partial charge in [0, 0.05) is 16.8 Å². The topological polar surface area (TPSA) is 137 Å². The Labute approximate surface area is 177 Å². The number of hydrogen-bond acceptors (Lipinski definition) is 10. The maximum absolute atomic E-state index is 11.3. The molecule has 0 spiro atoms. The summed E-state index contributed by atoms with van der Waals surface area (Å²) in [6, 6.07) is 10.3. The largest absolute Gasteiger partial charge is 0.324 e. The average Bonchev–Trinajstić information content (AvgIpc) is 2.69. The van der Waals surface area contributed by atoms with Crippen LogP contribution in [0.3, 0.4) is 0 Å². The fourth-order valence-electron chi connectivity index (χ4n) is 2.14. The predicted molar refractivity (Wildman–Crippen MR) is 110 cm³/mol. The quantitative estimate of drug-likeness (QED) is 0.298. The van der Waals surface area contributed by atoms with E-state index in [1.165, 1.54) is 23.9 Å². The van der Waals surface area contributed by atoms with Crippen molar-refractivity contribution in [3.8, 4) is 0 Å². The number of benzene rings is 2. The monoisotopic (exact) mass is 450 g/mol. The summed E-state index contributed by atoms with van der Waals surface area (Å²) in [6.45, 7) is 0. The van der Waals surface area contributed by atoms with Gasteiger partial charge in [-0.05, 0) is 48.3 Å². The Kier molecular flexibility index (Phi) is 6.46. The van der Waals surface area contributed by atoms with Crippen LogP contribution in [0.4, 0.5) is 23.0 Å². The molecule has 0 aliphatic rings. The number of non-ortho nitro benzene ring substituents is 1. The molecule has 0 atom stereocenters. The van der Waals surface area contributed by atoms with Crippen LogP contribution in [0.1, 0.15) is 0 Å². The number of halogens is 1. The molecule has 2 aromatic carbocycles. The van der Waals surface area contributed by atoms with Crippen LogP contribution in [0.5, 0.6) is 0 Å². The summed E-state index contributed by atoms with van der Waals surface area (Å²) >= 11 is 8.07. The number of aromatic nitrogens is 3. The highest BCUT2D eigenvalue weighted by Crippen LogP contribution is 2.36. The highest BCUT2D eigenvalue weighted by atomic mass is 35.5. The van der Waals surface area contributed by atoms with Gasteiger partial charge in [-0.2, -0.15) is 15.0 Å². The Morgan fingerprint density at radius 1 is 0.966 bits per heavy atom. The molecular weight excluding hydrogens is 440 g/mol. The number of anilines is 2. The van der Waals surface area contributed by atoms with Crippen LogP contribution in [0.2, 0.25) is 5.02 Å². The molecule has 10 nitrogen and oxygen atoms in total. The van der Waals surface area contributed by atoms with E-state index in [1.54, 1.807) is 30.5 Å². The number of hydrogen-bond donors (Lipinski definition) is 1. The summed E-state index contributed by atoms with van der Waals surface area (Å²) in [5.74, 6) is 0.249. The molecule has 0 bridgehead atoms. The minimum Gasteiger partial charge on any atom is -0.324 e. The van der Waals surface area contributed by atoms with E-state index in [2.05, 4.69) is 20.3 Å². The van der Waals surface area contributed by atoms with Crippen molar-refractivity contribution in [1.82, 2.24) is 15.0 Å². The molecule has 0 radical (unpaired) electrons. The van der Waals surface area contributed by atoms with Crippen LogP contribution in [-0.4, -0.2) is 31.1 Å². The van der Waals surface area contributed by atoms with Crippen molar-refractivity contribution in [1.29, 1.82) is 0 Å². The zero-order valence-corrected chi connectivity index (χ0v) is 17.0. The van der Waals surface area contributed by atoms with Gasteiger partial charge >= 0.3 is 0 Å². The summed E-state index contributed by atoms with van der Waals surface area (Å²) in [7, 11) is 0. The Bertz CT molecular complexity index is 1080. The first-order valence-corrected chi connectivity index (χ1v) is 10.2. The first kappa shape index (κ1) is 20.8. The molecule has 29 heavy (non-hydrogen) atoms. The van der Waals surface area contributed by atoms with Gasteiger partial charge in [-0.1, -0.05) is 23.4 Å². The van der Waals surface area contributed by atoms with Crippen molar-refractivity contribution in [3.05, 3.63) is 67.7 Å². The second kappa shape index (κ2) is 9.03. The first-order valence-electron chi connectivity index (χ1n) is 7.79. The Balaban J connectivity index is 1.93. The van der Waals surface area contributed by atoms with E-state index in [1.807, 2.05) is 0 Å². The lowest BCUT2D eigenvalue weighted by Crippen LogP contribution is -2.02. The Morgan fingerprint density at radius 3 is 2.28 bits per heavy atom. The van der Waals surface area contributed by atoms with E-state index in [0.717, 1.165) is 17.8 Å². The van der Waals surface area contributed by atoms with E-state index in [0.29, 0.717) is 15.9 Å². The van der Waals surface area contributed by atoms with E-state index in [-0.39, 0.29) is 21.7 Å². The average molecular weight is 451 g/mol. The molecule has 3 rings (SSSR count). The lowest BCUT2D eigenvalue weighted by molar-refractivity contribution is -0.396. The highest BCUT2D eigenvalue weighted by Gasteiger charge is 2.21. The van der Waals surface area contributed by atoms with E-state index in [9.17, 15) is 20.2 Å². The third-order valence-electron chi connectivity index (χ3n) is 3.43. The second-order valence-corrected chi connectivity index (χ2v) is 7.55. The van der Waals surface area contributed by atoms with Crippen molar-refractivity contribution >= 4 is 58.1 Å². The second-order valence-electron chi connectivity index (χ2n) is 5.33. The molecule has 0 fully saturated rings. The third-order valence-corrected chi connectivity index (χ3v) is 5.16. The zero-order valence-electron chi connectivity index (χ0n) is 14.6. The van der Waals surface area contributed by atoms with Crippen molar-refractivity contribution in [2.75, 3.05) is 11.6 Å². The van der Waals surface area contributed by atoms with Gasteiger partial charge in [-0.25, -0.2) is 0 Å². The lowest BCUT2D eigenvalue weighted by atomic mass is 10.3. The molecule has 148 valence electrons. The molecule has 0 saturated carbocycles. The summed E-state index contributed by atoms with van der Waals surface area (Å²) < 4.78 is 0. The molecule has 13 heteroatoms. The number of nitro groups is 2. The van der Waals surface area contributed by atoms with Gasteiger partial charge < -0.3 is 5.32 Å². The molecule has 3 aromatic rings. The highest BCUT2D eigenvalue weighted by molar-refractivity contribution is 7.99. The molecule has 0 amide bonds. The van der Waals surface area contributed by atoms with Gasteiger partial charge in [0.1, 0.15) is 0 Å². The standard InChI is InChI=1S/C16H11ClN6O4S2/c1-28-15-19-14(18-10-4-2-9(17)3-5-10)20-16(21-15)29-13-7-6-11(22(24)25)8-12(13)23(26)27/h2-8H,1H3,(H,18,19,20,21). The molecule has 0 aliphatic carbocycles. The number of nitro benzene ring substituents is 2. The van der Waals surface area contributed by atoms with Gasteiger partial charge in [-0.3, -0.25) is 20.2 Å². The Morgan fingerprint density at radius 2 is 1.66 bits per heavy atom. The maximum atomic E-state index is 11.3. The SMILES string of the molecule is CSc1nc(Nc2ccc(Cl)cc2)nc(Sc2ccc([N+](=O)[O-])cc2[N+](=O)[O-])n1. The maximum Gasteiger partial charge on any atom is 0.290 e. The predicted octanol–water partition coefficient (Wildman–Crippen LogP) is 4.96. The lowest BCUT2D eigenvalue weighted by Gasteiger charge is -2.08. The zero-order chi connectivity index (χ0) is 21.0. The van der Waals surface area contributed by atoms with Gasteiger partial charge in [0.05, 0.1) is 20.8 Å². The van der Waals surface area contributed by atoms with Crippen LogP contribution in [0, 0.1) is 20.2 Å². The minimum absolute atomic E-state index is 0.177. The summed E-state index contributed by atoms with van der Waals surface area (Å²) in [6.07, 6.45) is 1.78. The van der Waals surface area contributed by atoms with E-state index in [4.69, 9.17) is 11.6 Å². The fourth-order valence-corrected chi connectivity index (χ4v) is 3.51. The van der Waals surface area contributed by atoms with Crippen molar-refractivity contribution < 1.29 is 9.85 Å². The summed E-state index contributed by atoms with van der Waals surface area (Å²) in [5, 5.41) is 26.4. The number of rotatable bonds is 7. The van der Waals surface area contributed by atoms with Crippen molar-refractivity contribution in [2.45, 2.75) is 15.2 Å². The molecule has 0 saturated heterocycles. The molecule has 1 heterocycles. The van der Waals surface area contributed by atoms with Crippen molar-refractivity contribution in [3.63, 3.8) is 0 Å². The van der Waals surface area contributed by atoms with E-state index >= 15 is 0 Å². The van der Waals surface area contributed by atoms with E-state index < -0.39 is 15.5 Å². The van der Waals surface area contributed by atoms with Crippen LogP contribution >= 0.6 is 35.1 Å². The third kappa shape index (κ3) is 5.31. The molecule has 0 unspecified atom stereocenters. The Hall–Kier alpha value is -2.96. The van der Waals surface area contributed by atoms with Crippen LogP contribution in [0.15, 0.2) is 57.7 Å². The molecule has 0 aliphatic heterocycles. The number of thioether (sulfide) groups is 1. The van der Waals surface area contributed by atoms with Gasteiger partial charge in [-0.15, -0.1) is 0 Å². The first-order chi connectivity index (χ1) is 13.9. The summed E-state index contributed by atoms with van der Waals surface area (Å²) in [5.41, 5.74) is -0.0703. The van der Waals surface area contributed by atoms with Gasteiger partial charge in [0.25, 0.3) is 11.4 Å². The number of nitrogens with zero attached hydrogens (tertiary/aromatic N) is 5. The van der Waals surface area contributed by atoms with Crippen molar-refractivity contribution in [2.24, 2.45) is 0 Å². The molecular formula is C16H11ClN6O4S2. The minimum atomic E-state index is -0.690. The fraction of sp³-hybridized carbons (Fsp3) is 0.0625. The molecule has 1 aromatic heterocycles. The summed E-state index contributed by atoms with van der Waals surface area (Å²) in [4.78, 5) is 33.8.